The van der Waals surface area contributed by atoms with Crippen LogP contribution in [0.1, 0.15) is 37.0 Å². The number of benzene rings is 1. The fraction of sp³-hybridized carbons (Fsp3) is 0.500. The molecule has 0 bridgehead atoms. The van der Waals surface area contributed by atoms with Gasteiger partial charge >= 0.3 is 5.97 Å². The van der Waals surface area contributed by atoms with Gasteiger partial charge in [-0.1, -0.05) is 13.8 Å². The summed E-state index contributed by atoms with van der Waals surface area (Å²) >= 11 is 0. The average Bonchev–Trinajstić information content (AvgIpc) is 2.44. The number of sulfonamides is 1. The molecule has 1 aromatic rings. The van der Waals surface area contributed by atoms with Gasteiger partial charge in [0.05, 0.1) is 10.5 Å². The molecule has 0 saturated carbocycles. The molecule has 21 heavy (non-hydrogen) atoms. The number of nitrogens with one attached hydrogen (secondary N) is 1. The summed E-state index contributed by atoms with van der Waals surface area (Å²) in [4.78, 5) is 11.4. The van der Waals surface area contributed by atoms with Gasteiger partial charge in [0, 0.05) is 25.8 Å². The summed E-state index contributed by atoms with van der Waals surface area (Å²) < 4.78 is 25.2. The van der Waals surface area contributed by atoms with Gasteiger partial charge in [-0.15, -0.1) is 0 Å². The van der Waals surface area contributed by atoms with Gasteiger partial charge < -0.3 is 10.4 Å². The Balaban J connectivity index is 3.29. The normalized spacial score (nSPS) is 11.9. The van der Waals surface area contributed by atoms with E-state index in [4.69, 9.17) is 0 Å². The van der Waals surface area contributed by atoms with E-state index in [2.05, 4.69) is 5.32 Å². The first kappa shape index (κ1) is 17.5. The van der Waals surface area contributed by atoms with Crippen LogP contribution >= 0.6 is 0 Å². The first-order valence-corrected chi connectivity index (χ1v) is 8.24. The Morgan fingerprint density at radius 1 is 1.29 bits per heavy atom. The highest BCUT2D eigenvalue weighted by atomic mass is 32.2. The van der Waals surface area contributed by atoms with Gasteiger partial charge in [0.15, 0.2) is 0 Å². The Hall–Kier alpha value is -1.60. The second-order valence-corrected chi connectivity index (χ2v) is 7.11. The van der Waals surface area contributed by atoms with Crippen LogP contribution in [0.15, 0.2) is 23.1 Å². The van der Waals surface area contributed by atoms with Crippen molar-refractivity contribution in [2.45, 2.75) is 37.6 Å². The summed E-state index contributed by atoms with van der Waals surface area (Å²) in [6.45, 7) is 4.01. The second kappa shape index (κ2) is 6.91. The smallest absolute Gasteiger partial charge is 0.337 e. The quantitative estimate of drug-likeness (QED) is 0.806. The minimum absolute atomic E-state index is 0.0278. The summed E-state index contributed by atoms with van der Waals surface area (Å²) in [5, 5.41) is 12.5. The Morgan fingerprint density at radius 2 is 1.86 bits per heavy atom. The highest BCUT2D eigenvalue weighted by molar-refractivity contribution is 7.89. The van der Waals surface area contributed by atoms with Gasteiger partial charge in [-0.3, -0.25) is 0 Å². The standard InChI is InChI=1S/C14H22N2O4S/c1-5-10(6-2)15-13-8-7-11(9-12(13)14(17)18)21(19,20)16(3)4/h7-10,15H,5-6H2,1-4H3,(H,17,18). The number of carboxylic acids is 1. The fourth-order valence-electron chi connectivity index (χ4n) is 1.91. The van der Waals surface area contributed by atoms with Crippen LogP contribution in [-0.2, 0) is 10.0 Å². The van der Waals surface area contributed by atoms with Crippen LogP contribution in [0, 0.1) is 0 Å². The molecule has 0 amide bonds. The molecule has 0 aliphatic rings. The third-order valence-electron chi connectivity index (χ3n) is 3.35. The molecule has 0 aromatic heterocycles. The van der Waals surface area contributed by atoms with Crippen molar-refractivity contribution >= 4 is 21.7 Å². The maximum absolute atomic E-state index is 12.1. The lowest BCUT2D eigenvalue weighted by molar-refractivity contribution is 0.0697. The predicted octanol–water partition coefficient (Wildman–Crippen LogP) is 2.24. The highest BCUT2D eigenvalue weighted by Crippen LogP contribution is 2.23. The molecule has 0 atom stereocenters. The summed E-state index contributed by atoms with van der Waals surface area (Å²) in [7, 11) is -0.829. The SMILES string of the molecule is CCC(CC)Nc1ccc(S(=O)(=O)N(C)C)cc1C(=O)O. The molecule has 118 valence electrons. The number of nitrogens with zero attached hydrogens (tertiary/aromatic N) is 1. The first-order valence-electron chi connectivity index (χ1n) is 6.80. The lowest BCUT2D eigenvalue weighted by Crippen LogP contribution is -2.23. The van der Waals surface area contributed by atoms with E-state index in [9.17, 15) is 18.3 Å². The average molecular weight is 314 g/mol. The summed E-state index contributed by atoms with van der Waals surface area (Å²) in [6.07, 6.45) is 1.71. The molecular formula is C14H22N2O4S. The number of anilines is 1. The molecule has 2 N–H and O–H groups in total. The van der Waals surface area contributed by atoms with E-state index in [1.54, 1.807) is 0 Å². The van der Waals surface area contributed by atoms with Gasteiger partial charge in [0.1, 0.15) is 0 Å². The fourth-order valence-corrected chi connectivity index (χ4v) is 2.84. The van der Waals surface area contributed by atoms with Gasteiger partial charge in [-0.25, -0.2) is 17.5 Å². The number of carboxylic acid groups (broad SMARTS) is 1. The number of carbonyl (C=O) groups is 1. The molecule has 6 nitrogen and oxygen atoms in total. The summed E-state index contributed by atoms with van der Waals surface area (Å²) in [5.41, 5.74) is 0.402. The van der Waals surface area contributed by atoms with Gasteiger partial charge in [-0.05, 0) is 31.0 Å². The van der Waals surface area contributed by atoms with E-state index in [0.717, 1.165) is 17.1 Å². The third-order valence-corrected chi connectivity index (χ3v) is 5.16. The Kier molecular flexibility index (Phi) is 5.74. The van der Waals surface area contributed by atoms with Crippen molar-refractivity contribution < 1.29 is 18.3 Å². The van der Waals surface area contributed by atoms with E-state index in [-0.39, 0.29) is 16.5 Å². The molecule has 0 unspecified atom stereocenters. The van der Waals surface area contributed by atoms with Crippen molar-refractivity contribution in [3.05, 3.63) is 23.8 Å². The van der Waals surface area contributed by atoms with E-state index in [0.29, 0.717) is 5.69 Å². The highest BCUT2D eigenvalue weighted by Gasteiger charge is 2.21. The molecule has 0 saturated heterocycles. The zero-order valence-electron chi connectivity index (χ0n) is 12.8. The number of hydrogen-bond donors (Lipinski definition) is 2. The van der Waals surface area contributed by atoms with Crippen molar-refractivity contribution in [1.82, 2.24) is 4.31 Å². The molecule has 1 aromatic carbocycles. The number of hydrogen-bond acceptors (Lipinski definition) is 4. The van der Waals surface area contributed by atoms with E-state index in [1.807, 2.05) is 13.8 Å². The van der Waals surface area contributed by atoms with Gasteiger partial charge in [-0.2, -0.15) is 0 Å². The number of rotatable bonds is 7. The van der Waals surface area contributed by atoms with Crippen LogP contribution in [0.4, 0.5) is 5.69 Å². The van der Waals surface area contributed by atoms with Gasteiger partial charge in [0.25, 0.3) is 0 Å². The van der Waals surface area contributed by atoms with Gasteiger partial charge in [0.2, 0.25) is 10.0 Å². The molecule has 0 radical (unpaired) electrons. The topological polar surface area (TPSA) is 86.7 Å². The molecule has 0 aliphatic carbocycles. The monoisotopic (exact) mass is 314 g/mol. The Bertz CT molecular complexity index is 607. The van der Waals surface area contributed by atoms with E-state index in [1.165, 1.54) is 32.3 Å². The van der Waals surface area contributed by atoms with Crippen LogP contribution in [0.2, 0.25) is 0 Å². The van der Waals surface area contributed by atoms with Crippen LogP contribution in [0.25, 0.3) is 0 Å². The van der Waals surface area contributed by atoms with Crippen LogP contribution in [0.5, 0.6) is 0 Å². The lowest BCUT2D eigenvalue weighted by atomic mass is 10.1. The zero-order chi connectivity index (χ0) is 16.2. The van der Waals surface area contributed by atoms with Crippen LogP contribution in [0.3, 0.4) is 0 Å². The molecule has 1 rings (SSSR count). The number of aromatic carboxylic acids is 1. The summed E-state index contributed by atoms with van der Waals surface area (Å²) in [6, 6.07) is 4.28. The lowest BCUT2D eigenvalue weighted by Gasteiger charge is -2.19. The maximum Gasteiger partial charge on any atom is 0.337 e. The second-order valence-electron chi connectivity index (χ2n) is 4.96. The summed E-state index contributed by atoms with van der Waals surface area (Å²) in [5.74, 6) is -1.15. The molecule has 0 fully saturated rings. The largest absolute Gasteiger partial charge is 0.478 e. The van der Waals surface area contributed by atoms with Crippen molar-refractivity contribution in [2.75, 3.05) is 19.4 Å². The maximum atomic E-state index is 12.1. The zero-order valence-corrected chi connectivity index (χ0v) is 13.6. The molecule has 0 heterocycles. The Morgan fingerprint density at radius 3 is 2.29 bits per heavy atom. The van der Waals surface area contributed by atoms with Crippen molar-refractivity contribution in [2.24, 2.45) is 0 Å². The minimum Gasteiger partial charge on any atom is -0.478 e. The first-order chi connectivity index (χ1) is 9.73. The third kappa shape index (κ3) is 3.95. The van der Waals surface area contributed by atoms with Crippen molar-refractivity contribution in [3.63, 3.8) is 0 Å². The van der Waals surface area contributed by atoms with E-state index < -0.39 is 16.0 Å². The molecular weight excluding hydrogens is 292 g/mol. The molecule has 0 spiro atoms. The Labute approximate surface area is 125 Å². The van der Waals surface area contributed by atoms with Crippen LogP contribution < -0.4 is 5.32 Å². The molecule has 7 heteroatoms. The van der Waals surface area contributed by atoms with Crippen molar-refractivity contribution in [1.29, 1.82) is 0 Å². The minimum atomic E-state index is -3.65. The predicted molar refractivity (Wildman–Crippen MR) is 82.3 cm³/mol. The van der Waals surface area contributed by atoms with Crippen molar-refractivity contribution in [3.8, 4) is 0 Å². The van der Waals surface area contributed by atoms with Crippen LogP contribution in [-0.4, -0.2) is 43.9 Å². The molecule has 0 aliphatic heterocycles. The van der Waals surface area contributed by atoms with E-state index >= 15 is 0 Å².